The van der Waals surface area contributed by atoms with Crippen LogP contribution in [0.2, 0.25) is 0 Å². The van der Waals surface area contributed by atoms with Gasteiger partial charge in [-0.15, -0.1) is 0 Å². The van der Waals surface area contributed by atoms with Gasteiger partial charge in [0.2, 0.25) is 0 Å². The summed E-state index contributed by atoms with van der Waals surface area (Å²) in [5.74, 6) is -0.447. The first-order valence-corrected chi connectivity index (χ1v) is 6.47. The number of carboxylic acid groups (broad SMARTS) is 1. The van der Waals surface area contributed by atoms with E-state index in [9.17, 15) is 4.79 Å². The van der Waals surface area contributed by atoms with Crippen LogP contribution in [0, 0.1) is 0 Å². The van der Waals surface area contributed by atoms with Crippen LogP contribution in [0.1, 0.15) is 36.5 Å². The van der Waals surface area contributed by atoms with E-state index in [1.807, 2.05) is 12.1 Å². The van der Waals surface area contributed by atoms with Crippen LogP contribution >= 0.6 is 0 Å². The van der Waals surface area contributed by atoms with E-state index in [1.54, 1.807) is 6.07 Å². The maximum absolute atomic E-state index is 11.1. The third kappa shape index (κ3) is 2.75. The molecule has 0 aromatic heterocycles. The predicted octanol–water partition coefficient (Wildman–Crippen LogP) is 2.77. The van der Waals surface area contributed by atoms with Crippen LogP contribution in [0.4, 0.5) is 5.69 Å². The van der Waals surface area contributed by atoms with Crippen molar-refractivity contribution >= 4 is 11.7 Å². The van der Waals surface area contributed by atoms with E-state index in [0.29, 0.717) is 12.4 Å². The molecule has 1 aliphatic heterocycles. The maximum Gasteiger partial charge on any atom is 0.339 e. The van der Waals surface area contributed by atoms with Gasteiger partial charge in [0.15, 0.2) is 0 Å². The summed E-state index contributed by atoms with van der Waals surface area (Å²) in [6, 6.07) is 5.34. The fourth-order valence-corrected chi connectivity index (χ4v) is 1.90. The minimum absolute atomic E-state index is 0.246. The van der Waals surface area contributed by atoms with Gasteiger partial charge in [0.25, 0.3) is 0 Å². The second-order valence-corrected chi connectivity index (χ2v) is 4.53. The van der Waals surface area contributed by atoms with E-state index in [-0.39, 0.29) is 5.56 Å². The SMILES string of the molecule is CCCCOc1cc(N2CCC2)ccc1C(=O)O. The number of nitrogens with zero attached hydrogens (tertiary/aromatic N) is 1. The highest BCUT2D eigenvalue weighted by Crippen LogP contribution is 2.28. The number of unbranched alkanes of at least 4 members (excludes halogenated alkanes) is 1. The predicted molar refractivity (Wildman–Crippen MR) is 70.6 cm³/mol. The summed E-state index contributed by atoms with van der Waals surface area (Å²) >= 11 is 0. The molecule has 0 aliphatic carbocycles. The van der Waals surface area contributed by atoms with Crippen LogP contribution in [0.5, 0.6) is 5.75 Å². The molecule has 2 rings (SSSR count). The van der Waals surface area contributed by atoms with Crippen molar-refractivity contribution in [2.45, 2.75) is 26.2 Å². The zero-order valence-corrected chi connectivity index (χ0v) is 10.7. The zero-order valence-electron chi connectivity index (χ0n) is 10.7. The van der Waals surface area contributed by atoms with E-state index >= 15 is 0 Å². The Morgan fingerprint density at radius 2 is 2.22 bits per heavy atom. The average Bonchev–Trinajstić information content (AvgIpc) is 2.27. The number of anilines is 1. The molecule has 1 heterocycles. The summed E-state index contributed by atoms with van der Waals surface area (Å²) in [7, 11) is 0. The number of hydrogen-bond donors (Lipinski definition) is 1. The minimum Gasteiger partial charge on any atom is -0.493 e. The smallest absolute Gasteiger partial charge is 0.339 e. The highest BCUT2D eigenvalue weighted by Gasteiger charge is 2.18. The molecule has 1 aromatic rings. The van der Waals surface area contributed by atoms with Crippen molar-refractivity contribution in [2.24, 2.45) is 0 Å². The van der Waals surface area contributed by atoms with Gasteiger partial charge in [-0.05, 0) is 25.0 Å². The normalized spacial score (nSPS) is 14.2. The molecule has 0 radical (unpaired) electrons. The highest BCUT2D eigenvalue weighted by molar-refractivity contribution is 5.91. The number of aromatic carboxylic acids is 1. The first-order chi connectivity index (χ1) is 8.72. The molecule has 1 aliphatic rings. The van der Waals surface area contributed by atoms with Crippen LogP contribution in [0.15, 0.2) is 18.2 Å². The first-order valence-electron chi connectivity index (χ1n) is 6.47. The van der Waals surface area contributed by atoms with Gasteiger partial charge in [0, 0.05) is 24.8 Å². The van der Waals surface area contributed by atoms with Crippen LogP contribution in [-0.2, 0) is 0 Å². The Labute approximate surface area is 107 Å². The Bertz CT molecular complexity index is 427. The molecule has 0 bridgehead atoms. The van der Waals surface area contributed by atoms with Crippen molar-refractivity contribution < 1.29 is 14.6 Å². The van der Waals surface area contributed by atoms with E-state index in [0.717, 1.165) is 31.6 Å². The van der Waals surface area contributed by atoms with Crippen LogP contribution < -0.4 is 9.64 Å². The molecule has 0 amide bonds. The highest BCUT2D eigenvalue weighted by atomic mass is 16.5. The van der Waals surface area contributed by atoms with Crippen molar-refractivity contribution in [3.63, 3.8) is 0 Å². The largest absolute Gasteiger partial charge is 0.493 e. The van der Waals surface area contributed by atoms with Gasteiger partial charge in [-0.3, -0.25) is 0 Å². The standard InChI is InChI=1S/C14H19NO3/c1-2-3-9-18-13-10-11(15-7-4-8-15)5-6-12(13)14(16)17/h5-6,10H,2-4,7-9H2,1H3,(H,16,17). The lowest BCUT2D eigenvalue weighted by atomic mass is 10.1. The maximum atomic E-state index is 11.1. The Balaban J connectivity index is 2.17. The van der Waals surface area contributed by atoms with Crippen molar-refractivity contribution in [3.05, 3.63) is 23.8 Å². The van der Waals surface area contributed by atoms with Crippen molar-refractivity contribution in [3.8, 4) is 5.75 Å². The molecular weight excluding hydrogens is 230 g/mol. The molecule has 1 aromatic carbocycles. The lowest BCUT2D eigenvalue weighted by Gasteiger charge is -2.33. The van der Waals surface area contributed by atoms with Gasteiger partial charge >= 0.3 is 5.97 Å². The molecule has 0 unspecified atom stereocenters. The van der Waals surface area contributed by atoms with Crippen LogP contribution in [0.3, 0.4) is 0 Å². The van der Waals surface area contributed by atoms with E-state index < -0.39 is 5.97 Å². The number of benzene rings is 1. The van der Waals surface area contributed by atoms with Crippen LogP contribution in [0.25, 0.3) is 0 Å². The Morgan fingerprint density at radius 1 is 1.44 bits per heavy atom. The summed E-state index contributed by atoms with van der Waals surface area (Å²) in [6.07, 6.45) is 3.17. The minimum atomic E-state index is -0.934. The molecule has 18 heavy (non-hydrogen) atoms. The molecule has 0 spiro atoms. The Hall–Kier alpha value is -1.71. The van der Waals surface area contributed by atoms with Gasteiger partial charge in [-0.2, -0.15) is 0 Å². The molecule has 1 N–H and O–H groups in total. The Morgan fingerprint density at radius 3 is 2.78 bits per heavy atom. The van der Waals surface area contributed by atoms with Gasteiger partial charge in [0.1, 0.15) is 11.3 Å². The quantitative estimate of drug-likeness (QED) is 0.788. The zero-order chi connectivity index (χ0) is 13.0. The summed E-state index contributed by atoms with van der Waals surface area (Å²) in [4.78, 5) is 13.3. The van der Waals surface area contributed by atoms with Gasteiger partial charge in [0.05, 0.1) is 6.61 Å². The fourth-order valence-electron chi connectivity index (χ4n) is 1.90. The second kappa shape index (κ2) is 5.76. The summed E-state index contributed by atoms with van der Waals surface area (Å²) in [5.41, 5.74) is 1.30. The third-order valence-corrected chi connectivity index (χ3v) is 3.17. The van der Waals surface area contributed by atoms with Crippen molar-refractivity contribution in [1.82, 2.24) is 0 Å². The molecule has 1 saturated heterocycles. The fraction of sp³-hybridized carbons (Fsp3) is 0.500. The molecule has 98 valence electrons. The monoisotopic (exact) mass is 249 g/mol. The molecule has 1 fully saturated rings. The van der Waals surface area contributed by atoms with Crippen molar-refractivity contribution in [1.29, 1.82) is 0 Å². The number of carboxylic acids is 1. The lowest BCUT2D eigenvalue weighted by Crippen LogP contribution is -2.36. The second-order valence-electron chi connectivity index (χ2n) is 4.53. The third-order valence-electron chi connectivity index (χ3n) is 3.17. The summed E-state index contributed by atoms with van der Waals surface area (Å²) < 4.78 is 5.59. The number of rotatable bonds is 6. The summed E-state index contributed by atoms with van der Waals surface area (Å²) in [5, 5.41) is 9.13. The topological polar surface area (TPSA) is 49.8 Å². The number of hydrogen-bond acceptors (Lipinski definition) is 3. The number of ether oxygens (including phenoxy) is 1. The lowest BCUT2D eigenvalue weighted by molar-refractivity contribution is 0.0692. The molecular formula is C14H19NO3. The average molecular weight is 249 g/mol. The Kier molecular flexibility index (Phi) is 4.07. The van der Waals surface area contributed by atoms with Gasteiger partial charge in [-0.1, -0.05) is 13.3 Å². The van der Waals surface area contributed by atoms with Gasteiger partial charge < -0.3 is 14.7 Å². The molecule has 4 heteroatoms. The van der Waals surface area contributed by atoms with E-state index in [2.05, 4.69) is 11.8 Å². The van der Waals surface area contributed by atoms with E-state index in [1.165, 1.54) is 6.42 Å². The van der Waals surface area contributed by atoms with Crippen molar-refractivity contribution in [2.75, 3.05) is 24.6 Å². The van der Waals surface area contributed by atoms with Gasteiger partial charge in [-0.25, -0.2) is 4.79 Å². The van der Waals surface area contributed by atoms with Crippen LogP contribution in [-0.4, -0.2) is 30.8 Å². The molecule has 0 atom stereocenters. The number of carbonyl (C=O) groups is 1. The van der Waals surface area contributed by atoms with E-state index in [4.69, 9.17) is 9.84 Å². The molecule has 4 nitrogen and oxygen atoms in total. The summed E-state index contributed by atoms with van der Waals surface area (Å²) in [6.45, 7) is 4.74. The molecule has 0 saturated carbocycles. The first kappa shape index (κ1) is 12.7.